The fourth-order valence-corrected chi connectivity index (χ4v) is 5.13. The highest BCUT2D eigenvalue weighted by Gasteiger charge is 2.17. The number of amides is 1. The second-order valence-corrected chi connectivity index (χ2v) is 9.34. The third-order valence-corrected chi connectivity index (χ3v) is 7.08. The molecule has 6 nitrogen and oxygen atoms in total. The zero-order chi connectivity index (χ0) is 22.2. The van der Waals surface area contributed by atoms with Crippen molar-refractivity contribution in [3.8, 4) is 32.6 Å². The molecular formula is C25H17N3O3S2. The smallest absolute Gasteiger partial charge is 0.251 e. The van der Waals surface area contributed by atoms with E-state index in [1.807, 2.05) is 53.2 Å². The lowest BCUT2D eigenvalue weighted by atomic mass is 10.1. The van der Waals surface area contributed by atoms with Crippen molar-refractivity contribution < 1.29 is 14.3 Å². The molecule has 0 bridgehead atoms. The number of nitrogens with one attached hydrogen (secondary N) is 1. The van der Waals surface area contributed by atoms with Gasteiger partial charge in [0.05, 0.1) is 20.8 Å². The Bertz CT molecular complexity index is 1460. The Balaban J connectivity index is 1.30. The molecule has 0 spiro atoms. The van der Waals surface area contributed by atoms with Gasteiger partial charge in [-0.05, 0) is 58.8 Å². The molecule has 6 rings (SSSR count). The number of fused-ring (bicyclic) bond motifs is 2. The zero-order valence-electron chi connectivity index (χ0n) is 17.3. The maximum Gasteiger partial charge on any atom is 0.251 e. The number of carbonyl (C=O) groups excluding carboxylic acids is 1. The number of nitrogens with zero attached hydrogens (tertiary/aromatic N) is 2. The van der Waals surface area contributed by atoms with E-state index in [1.165, 1.54) is 0 Å². The minimum absolute atomic E-state index is 0.170. The maximum atomic E-state index is 12.9. The van der Waals surface area contributed by atoms with Gasteiger partial charge in [0, 0.05) is 12.1 Å². The van der Waals surface area contributed by atoms with Gasteiger partial charge in [0.2, 0.25) is 6.79 Å². The van der Waals surface area contributed by atoms with Gasteiger partial charge in [0.15, 0.2) is 11.5 Å². The van der Waals surface area contributed by atoms with E-state index in [4.69, 9.17) is 19.4 Å². The van der Waals surface area contributed by atoms with Crippen LogP contribution in [0.2, 0.25) is 0 Å². The van der Waals surface area contributed by atoms with Crippen LogP contribution >= 0.6 is 22.7 Å². The summed E-state index contributed by atoms with van der Waals surface area (Å²) in [4.78, 5) is 24.8. The second-order valence-electron chi connectivity index (χ2n) is 7.45. The van der Waals surface area contributed by atoms with Gasteiger partial charge in [-0.1, -0.05) is 18.2 Å². The Kier molecular flexibility index (Phi) is 5.01. The summed E-state index contributed by atoms with van der Waals surface area (Å²) in [5.41, 5.74) is 4.62. The third-order valence-electron chi connectivity index (χ3n) is 5.33. The highest BCUT2D eigenvalue weighted by molar-refractivity contribution is 7.14. The molecule has 0 saturated carbocycles. The van der Waals surface area contributed by atoms with Crippen molar-refractivity contribution in [2.45, 2.75) is 6.54 Å². The minimum Gasteiger partial charge on any atom is -0.454 e. The van der Waals surface area contributed by atoms with Crippen LogP contribution < -0.4 is 14.8 Å². The monoisotopic (exact) mass is 471 g/mol. The van der Waals surface area contributed by atoms with Crippen LogP contribution in [0.15, 0.2) is 71.4 Å². The van der Waals surface area contributed by atoms with E-state index in [-0.39, 0.29) is 12.7 Å². The van der Waals surface area contributed by atoms with Gasteiger partial charge in [0.1, 0.15) is 11.4 Å². The third kappa shape index (κ3) is 3.83. The summed E-state index contributed by atoms with van der Waals surface area (Å²) in [6, 6.07) is 19.2. The fourth-order valence-electron chi connectivity index (χ4n) is 3.70. The Morgan fingerprint density at radius 1 is 0.848 bits per heavy atom. The number of hydrogen-bond donors (Lipinski definition) is 1. The van der Waals surface area contributed by atoms with E-state index in [0.717, 1.165) is 38.0 Å². The van der Waals surface area contributed by atoms with E-state index in [0.29, 0.717) is 23.4 Å². The molecule has 0 fully saturated rings. The molecule has 162 valence electrons. The molecule has 4 heterocycles. The van der Waals surface area contributed by atoms with Crippen LogP contribution in [-0.4, -0.2) is 22.7 Å². The molecule has 33 heavy (non-hydrogen) atoms. The molecule has 1 N–H and O–H groups in total. The summed E-state index contributed by atoms with van der Waals surface area (Å²) in [5.74, 6) is 1.25. The summed E-state index contributed by atoms with van der Waals surface area (Å²) in [7, 11) is 0. The average Bonchev–Trinajstić information content (AvgIpc) is 3.63. The molecule has 1 amide bonds. The molecule has 0 aliphatic carbocycles. The fraction of sp³-hybridized carbons (Fsp3) is 0.0800. The lowest BCUT2D eigenvalue weighted by molar-refractivity contribution is 0.0951. The number of aromatic nitrogens is 2. The van der Waals surface area contributed by atoms with Gasteiger partial charge in [-0.25, -0.2) is 9.97 Å². The van der Waals surface area contributed by atoms with Crippen molar-refractivity contribution in [2.75, 3.05) is 6.79 Å². The topological polar surface area (TPSA) is 73.3 Å². The van der Waals surface area contributed by atoms with Crippen molar-refractivity contribution in [1.82, 2.24) is 15.3 Å². The quantitative estimate of drug-likeness (QED) is 0.354. The lowest BCUT2D eigenvalue weighted by Gasteiger charge is -2.10. The molecule has 0 unspecified atom stereocenters. The number of benzene rings is 2. The normalized spacial score (nSPS) is 12.2. The molecule has 1 aliphatic rings. The van der Waals surface area contributed by atoms with Gasteiger partial charge >= 0.3 is 0 Å². The number of rotatable bonds is 5. The van der Waals surface area contributed by atoms with Crippen LogP contribution in [0, 0.1) is 0 Å². The average molecular weight is 472 g/mol. The van der Waals surface area contributed by atoms with Crippen LogP contribution in [0.1, 0.15) is 15.9 Å². The predicted octanol–water partition coefficient (Wildman–Crippen LogP) is 5.75. The van der Waals surface area contributed by atoms with E-state index in [2.05, 4.69) is 11.4 Å². The van der Waals surface area contributed by atoms with Crippen molar-refractivity contribution in [2.24, 2.45) is 0 Å². The number of carbonyl (C=O) groups is 1. The van der Waals surface area contributed by atoms with Gasteiger partial charge < -0.3 is 14.8 Å². The summed E-state index contributed by atoms with van der Waals surface area (Å²) >= 11 is 3.26. The van der Waals surface area contributed by atoms with Crippen LogP contribution in [-0.2, 0) is 6.54 Å². The molecule has 1 aliphatic heterocycles. The molecule has 5 aromatic rings. The molecule has 0 atom stereocenters. The first kappa shape index (κ1) is 19.9. The SMILES string of the molecule is O=C(NCc1ccc2c(c1)OCO2)c1ccc2nc(-c3cccs3)c(-c3cccs3)nc2c1. The van der Waals surface area contributed by atoms with Crippen molar-refractivity contribution in [3.05, 3.63) is 82.6 Å². The second kappa shape index (κ2) is 8.31. The Labute approximate surface area is 197 Å². The van der Waals surface area contributed by atoms with Crippen molar-refractivity contribution >= 4 is 39.6 Å². The van der Waals surface area contributed by atoms with Crippen LogP contribution in [0.4, 0.5) is 0 Å². The number of thiophene rings is 2. The van der Waals surface area contributed by atoms with E-state index >= 15 is 0 Å². The van der Waals surface area contributed by atoms with E-state index < -0.39 is 0 Å². The van der Waals surface area contributed by atoms with Crippen molar-refractivity contribution in [1.29, 1.82) is 0 Å². The van der Waals surface area contributed by atoms with E-state index in [1.54, 1.807) is 34.8 Å². The molecule has 8 heteroatoms. The molecule has 0 radical (unpaired) electrons. The van der Waals surface area contributed by atoms with Crippen molar-refractivity contribution in [3.63, 3.8) is 0 Å². The number of hydrogen-bond acceptors (Lipinski definition) is 7. The highest BCUT2D eigenvalue weighted by Crippen LogP contribution is 2.36. The van der Waals surface area contributed by atoms with Gasteiger partial charge in [-0.15, -0.1) is 22.7 Å². The minimum atomic E-state index is -0.170. The first-order valence-corrected chi connectivity index (χ1v) is 12.1. The zero-order valence-corrected chi connectivity index (χ0v) is 18.9. The predicted molar refractivity (Wildman–Crippen MR) is 130 cm³/mol. The summed E-state index contributed by atoms with van der Waals surface area (Å²) in [6.07, 6.45) is 0. The molecular weight excluding hydrogens is 454 g/mol. The number of ether oxygens (including phenoxy) is 2. The largest absolute Gasteiger partial charge is 0.454 e. The van der Waals surface area contributed by atoms with Crippen LogP contribution in [0.25, 0.3) is 32.2 Å². The first-order valence-electron chi connectivity index (χ1n) is 10.3. The summed E-state index contributed by atoms with van der Waals surface area (Å²) in [5, 5.41) is 7.03. The Morgan fingerprint density at radius 2 is 1.58 bits per heavy atom. The van der Waals surface area contributed by atoms with Gasteiger partial charge in [-0.3, -0.25) is 4.79 Å². The molecule has 2 aromatic carbocycles. The molecule has 0 saturated heterocycles. The Hall–Kier alpha value is -3.75. The highest BCUT2D eigenvalue weighted by atomic mass is 32.1. The van der Waals surface area contributed by atoms with Crippen LogP contribution in [0.5, 0.6) is 11.5 Å². The maximum absolute atomic E-state index is 12.9. The van der Waals surface area contributed by atoms with Gasteiger partial charge in [0.25, 0.3) is 5.91 Å². The first-order chi connectivity index (χ1) is 16.2. The van der Waals surface area contributed by atoms with Gasteiger partial charge in [-0.2, -0.15) is 0 Å². The molecule has 3 aromatic heterocycles. The summed E-state index contributed by atoms with van der Waals surface area (Å²) in [6.45, 7) is 0.613. The lowest BCUT2D eigenvalue weighted by Crippen LogP contribution is -2.22. The summed E-state index contributed by atoms with van der Waals surface area (Å²) < 4.78 is 10.7. The Morgan fingerprint density at radius 3 is 2.30 bits per heavy atom. The standard InChI is InChI=1S/C25H17N3O3S2/c29-25(26-13-15-5-8-19-20(11-15)31-14-30-19)16-6-7-17-18(12-16)28-24(22-4-2-10-33-22)23(27-17)21-3-1-9-32-21/h1-12H,13-14H2,(H,26,29). The van der Waals surface area contributed by atoms with E-state index in [9.17, 15) is 4.79 Å². The van der Waals surface area contributed by atoms with Crippen LogP contribution in [0.3, 0.4) is 0 Å².